The highest BCUT2D eigenvalue weighted by atomic mass is 79.9. The molecule has 0 saturated heterocycles. The molecule has 1 aromatic heterocycles. The molecule has 2 amide bonds. The number of thiophene rings is 1. The Morgan fingerprint density at radius 3 is 2.77 bits per heavy atom. The second-order valence-electron chi connectivity index (χ2n) is 4.35. The summed E-state index contributed by atoms with van der Waals surface area (Å²) in [6.45, 7) is 1.61. The van der Waals surface area contributed by atoms with Gasteiger partial charge in [0.15, 0.2) is 6.10 Å². The van der Waals surface area contributed by atoms with Gasteiger partial charge >= 0.3 is 0 Å². The molecule has 1 atom stereocenters. The first kappa shape index (κ1) is 16.8. The van der Waals surface area contributed by atoms with Gasteiger partial charge in [0.2, 0.25) is 0 Å². The molecule has 0 radical (unpaired) electrons. The molecule has 5 nitrogen and oxygen atoms in total. The van der Waals surface area contributed by atoms with Crippen molar-refractivity contribution in [3.05, 3.63) is 44.7 Å². The van der Waals surface area contributed by atoms with Crippen molar-refractivity contribution in [1.29, 1.82) is 0 Å². The summed E-state index contributed by atoms with van der Waals surface area (Å²) in [5.74, 6) is -0.481. The molecule has 1 heterocycles. The molecule has 0 aliphatic carbocycles. The van der Waals surface area contributed by atoms with E-state index in [4.69, 9.17) is 22.1 Å². The Hall–Kier alpha value is -1.57. The topological polar surface area (TPSA) is 81.4 Å². The third kappa shape index (κ3) is 4.00. The van der Waals surface area contributed by atoms with Crippen molar-refractivity contribution in [2.24, 2.45) is 5.73 Å². The normalized spacial score (nSPS) is 11.8. The van der Waals surface area contributed by atoms with Gasteiger partial charge < -0.3 is 15.8 Å². The molecule has 0 aliphatic rings. The van der Waals surface area contributed by atoms with Crippen LogP contribution >= 0.6 is 38.9 Å². The number of hydrogen-bond acceptors (Lipinski definition) is 4. The van der Waals surface area contributed by atoms with E-state index in [9.17, 15) is 9.59 Å². The Kier molecular flexibility index (Phi) is 5.44. The minimum atomic E-state index is -0.764. The van der Waals surface area contributed by atoms with Crippen molar-refractivity contribution in [3.63, 3.8) is 0 Å². The van der Waals surface area contributed by atoms with Gasteiger partial charge in [0.1, 0.15) is 10.8 Å². The van der Waals surface area contributed by atoms with Crippen LogP contribution in [-0.2, 0) is 4.79 Å². The minimum absolute atomic E-state index is 0.276. The van der Waals surface area contributed by atoms with E-state index in [1.54, 1.807) is 36.6 Å². The van der Waals surface area contributed by atoms with Gasteiger partial charge in [-0.2, -0.15) is 0 Å². The highest BCUT2D eigenvalue weighted by molar-refractivity contribution is 9.10. The van der Waals surface area contributed by atoms with E-state index in [-0.39, 0.29) is 11.5 Å². The van der Waals surface area contributed by atoms with E-state index >= 15 is 0 Å². The van der Waals surface area contributed by atoms with Gasteiger partial charge in [-0.25, -0.2) is 0 Å². The lowest BCUT2D eigenvalue weighted by Crippen LogP contribution is -2.30. The van der Waals surface area contributed by atoms with E-state index in [2.05, 4.69) is 21.2 Å². The SMILES string of the molecule is C[C@H](Oc1ccc(Cl)cc1Br)C(=O)Nc1sccc1C(N)=O. The van der Waals surface area contributed by atoms with Crippen LogP contribution in [0.2, 0.25) is 5.02 Å². The molecule has 116 valence electrons. The highest BCUT2D eigenvalue weighted by Crippen LogP contribution is 2.29. The summed E-state index contributed by atoms with van der Waals surface area (Å²) in [6.07, 6.45) is -0.764. The summed E-state index contributed by atoms with van der Waals surface area (Å²) >= 11 is 10.4. The van der Waals surface area contributed by atoms with E-state index in [1.807, 2.05) is 0 Å². The monoisotopic (exact) mass is 402 g/mol. The fourth-order valence-electron chi connectivity index (χ4n) is 1.63. The number of benzene rings is 1. The fraction of sp³-hybridized carbons (Fsp3) is 0.143. The third-order valence-corrected chi connectivity index (χ3v) is 4.42. The molecule has 8 heteroatoms. The van der Waals surface area contributed by atoms with E-state index in [1.165, 1.54) is 11.3 Å². The van der Waals surface area contributed by atoms with E-state index < -0.39 is 12.0 Å². The van der Waals surface area contributed by atoms with Crippen LogP contribution in [0.15, 0.2) is 34.1 Å². The van der Waals surface area contributed by atoms with Crippen LogP contribution in [-0.4, -0.2) is 17.9 Å². The zero-order chi connectivity index (χ0) is 16.3. The average Bonchev–Trinajstić information content (AvgIpc) is 2.90. The summed E-state index contributed by atoms with van der Waals surface area (Å²) in [5.41, 5.74) is 5.51. The highest BCUT2D eigenvalue weighted by Gasteiger charge is 2.19. The number of anilines is 1. The maximum Gasteiger partial charge on any atom is 0.265 e. The maximum absolute atomic E-state index is 12.1. The van der Waals surface area contributed by atoms with Crippen LogP contribution in [0.4, 0.5) is 5.00 Å². The molecule has 3 N–H and O–H groups in total. The molecule has 22 heavy (non-hydrogen) atoms. The van der Waals surface area contributed by atoms with Gasteiger partial charge in [0.05, 0.1) is 10.0 Å². The van der Waals surface area contributed by atoms with Gasteiger partial charge in [-0.1, -0.05) is 11.6 Å². The summed E-state index contributed by atoms with van der Waals surface area (Å²) < 4.78 is 6.23. The van der Waals surface area contributed by atoms with Crippen molar-refractivity contribution in [2.75, 3.05) is 5.32 Å². The van der Waals surface area contributed by atoms with Crippen molar-refractivity contribution >= 4 is 55.7 Å². The molecule has 0 fully saturated rings. The number of rotatable bonds is 5. The van der Waals surface area contributed by atoms with Gasteiger partial charge in [-0.05, 0) is 52.5 Å². The smallest absolute Gasteiger partial charge is 0.265 e. The second-order valence-corrected chi connectivity index (χ2v) is 6.56. The van der Waals surface area contributed by atoms with Crippen LogP contribution in [0.25, 0.3) is 0 Å². The molecule has 2 rings (SSSR count). The van der Waals surface area contributed by atoms with Crippen LogP contribution in [0.3, 0.4) is 0 Å². The van der Waals surface area contributed by atoms with E-state index in [0.29, 0.717) is 20.2 Å². The molecule has 1 aromatic carbocycles. The number of nitrogens with one attached hydrogen (secondary N) is 1. The number of carbonyl (C=O) groups is 2. The predicted octanol–water partition coefficient (Wildman–Crippen LogP) is 3.67. The first-order valence-electron chi connectivity index (χ1n) is 6.18. The number of carbonyl (C=O) groups excluding carboxylic acids is 2. The fourth-order valence-corrected chi connectivity index (χ4v) is 3.20. The lowest BCUT2D eigenvalue weighted by atomic mass is 10.3. The zero-order valence-electron chi connectivity index (χ0n) is 11.4. The Bertz CT molecular complexity index is 720. The number of ether oxygens (including phenoxy) is 1. The van der Waals surface area contributed by atoms with Crippen LogP contribution in [0.1, 0.15) is 17.3 Å². The van der Waals surface area contributed by atoms with Gasteiger partial charge in [0.25, 0.3) is 11.8 Å². The number of halogens is 2. The standard InChI is InChI=1S/C14H12BrClN2O3S/c1-7(21-11-3-2-8(16)6-10(11)15)13(20)18-14-9(12(17)19)4-5-22-14/h2-7H,1H3,(H2,17,19)(H,18,20)/t7-/m0/s1. The summed E-state index contributed by atoms with van der Waals surface area (Å²) in [7, 11) is 0. The number of primary amides is 1. The molecule has 2 aromatic rings. The average molecular weight is 404 g/mol. The van der Waals surface area contributed by atoms with Gasteiger partial charge in [-0.15, -0.1) is 11.3 Å². The molecular formula is C14H12BrClN2O3S. The van der Waals surface area contributed by atoms with Gasteiger partial charge in [0, 0.05) is 5.02 Å². The third-order valence-electron chi connectivity index (χ3n) is 2.73. The maximum atomic E-state index is 12.1. The van der Waals surface area contributed by atoms with Crippen molar-refractivity contribution in [3.8, 4) is 5.75 Å². The predicted molar refractivity (Wildman–Crippen MR) is 90.7 cm³/mol. The first-order chi connectivity index (χ1) is 10.4. The summed E-state index contributed by atoms with van der Waals surface area (Å²) in [5, 5.41) is 5.27. The number of amides is 2. The van der Waals surface area contributed by atoms with Crippen LogP contribution < -0.4 is 15.8 Å². The summed E-state index contributed by atoms with van der Waals surface area (Å²) in [6, 6.07) is 6.56. The zero-order valence-corrected chi connectivity index (χ0v) is 14.6. The van der Waals surface area contributed by atoms with Crippen molar-refractivity contribution in [2.45, 2.75) is 13.0 Å². The number of hydrogen-bond donors (Lipinski definition) is 2. The molecule has 0 unspecified atom stereocenters. The molecule has 0 saturated carbocycles. The molecule has 0 aliphatic heterocycles. The first-order valence-corrected chi connectivity index (χ1v) is 8.23. The lowest BCUT2D eigenvalue weighted by molar-refractivity contribution is -0.122. The lowest BCUT2D eigenvalue weighted by Gasteiger charge is -2.15. The van der Waals surface area contributed by atoms with Crippen LogP contribution in [0, 0.1) is 0 Å². The second kappa shape index (κ2) is 7.13. The van der Waals surface area contributed by atoms with E-state index in [0.717, 1.165) is 0 Å². The van der Waals surface area contributed by atoms with Crippen molar-refractivity contribution in [1.82, 2.24) is 0 Å². The molecular weight excluding hydrogens is 392 g/mol. The molecule has 0 spiro atoms. The quantitative estimate of drug-likeness (QED) is 0.799. The Labute approximate surface area is 144 Å². The molecule has 0 bridgehead atoms. The van der Waals surface area contributed by atoms with Crippen LogP contribution in [0.5, 0.6) is 5.75 Å². The number of nitrogens with two attached hydrogens (primary N) is 1. The Morgan fingerprint density at radius 2 is 2.14 bits per heavy atom. The summed E-state index contributed by atoms with van der Waals surface area (Å²) in [4.78, 5) is 23.4. The van der Waals surface area contributed by atoms with Crippen molar-refractivity contribution < 1.29 is 14.3 Å². The Morgan fingerprint density at radius 1 is 1.41 bits per heavy atom. The Balaban J connectivity index is 2.06. The largest absolute Gasteiger partial charge is 0.480 e. The minimum Gasteiger partial charge on any atom is -0.480 e. The van der Waals surface area contributed by atoms with Gasteiger partial charge in [-0.3, -0.25) is 9.59 Å².